The molecule has 1 atom stereocenters. The smallest absolute Gasteiger partial charge is 0.329 e. The topological polar surface area (TPSA) is 67.9 Å². The maximum Gasteiger partial charge on any atom is 0.329 e. The Morgan fingerprint density at radius 3 is 2.55 bits per heavy atom. The summed E-state index contributed by atoms with van der Waals surface area (Å²) in [6.45, 7) is 1.55. The van der Waals surface area contributed by atoms with Crippen molar-refractivity contribution in [1.29, 1.82) is 0 Å². The van der Waals surface area contributed by atoms with Gasteiger partial charge in [-0.25, -0.2) is 4.79 Å². The molecule has 0 aromatic heterocycles. The number of hydrogen-bond donors (Lipinski definition) is 1. The maximum absolute atomic E-state index is 12.5. The Labute approximate surface area is 117 Å². The van der Waals surface area contributed by atoms with Crippen LogP contribution in [0.25, 0.3) is 0 Å². The maximum atomic E-state index is 12.5. The van der Waals surface area contributed by atoms with Crippen molar-refractivity contribution in [3.05, 3.63) is 29.8 Å². The quantitative estimate of drug-likeness (QED) is 0.805. The molecule has 1 aromatic carbocycles. The Hall–Kier alpha value is -2.08. The molecule has 6 heteroatoms. The van der Waals surface area contributed by atoms with Crippen LogP contribution in [0.3, 0.4) is 0 Å². The van der Waals surface area contributed by atoms with E-state index in [1.165, 1.54) is 7.11 Å². The molecule has 6 nitrogen and oxygen atoms in total. The van der Waals surface area contributed by atoms with Crippen molar-refractivity contribution >= 4 is 11.9 Å². The van der Waals surface area contributed by atoms with Crippen molar-refractivity contribution in [3.63, 3.8) is 0 Å². The van der Waals surface area contributed by atoms with Crippen LogP contribution in [0.1, 0.15) is 10.4 Å². The number of methoxy groups -OCH3 is 2. The van der Waals surface area contributed by atoms with Crippen molar-refractivity contribution in [2.24, 2.45) is 0 Å². The molecule has 0 saturated carbocycles. The highest BCUT2D eigenvalue weighted by Gasteiger charge is 2.33. The highest BCUT2D eigenvalue weighted by atomic mass is 16.5. The summed E-state index contributed by atoms with van der Waals surface area (Å²) in [4.78, 5) is 25.8. The van der Waals surface area contributed by atoms with Crippen LogP contribution in [0, 0.1) is 0 Å². The average Bonchev–Trinajstić information content (AvgIpc) is 2.53. The molecule has 0 aliphatic carbocycles. The van der Waals surface area contributed by atoms with Gasteiger partial charge in [0.15, 0.2) is 0 Å². The van der Waals surface area contributed by atoms with Crippen LogP contribution in [0.5, 0.6) is 5.75 Å². The zero-order chi connectivity index (χ0) is 14.5. The van der Waals surface area contributed by atoms with E-state index in [2.05, 4.69) is 5.32 Å². The summed E-state index contributed by atoms with van der Waals surface area (Å²) in [5.74, 6) is 0.106. The van der Waals surface area contributed by atoms with E-state index in [0.29, 0.717) is 30.9 Å². The average molecular weight is 278 g/mol. The summed E-state index contributed by atoms with van der Waals surface area (Å²) < 4.78 is 9.81. The predicted molar refractivity (Wildman–Crippen MR) is 72.7 cm³/mol. The lowest BCUT2D eigenvalue weighted by Crippen LogP contribution is -2.57. The summed E-state index contributed by atoms with van der Waals surface area (Å²) in [5.41, 5.74) is 0.529. The van der Waals surface area contributed by atoms with Crippen LogP contribution < -0.4 is 10.1 Å². The fourth-order valence-electron chi connectivity index (χ4n) is 2.19. The van der Waals surface area contributed by atoms with Gasteiger partial charge in [-0.15, -0.1) is 0 Å². The first-order chi connectivity index (χ1) is 9.67. The molecule has 1 amide bonds. The van der Waals surface area contributed by atoms with Gasteiger partial charge in [0.05, 0.1) is 14.2 Å². The Morgan fingerprint density at radius 1 is 1.25 bits per heavy atom. The first-order valence-electron chi connectivity index (χ1n) is 6.41. The Kier molecular flexibility index (Phi) is 4.57. The van der Waals surface area contributed by atoms with Gasteiger partial charge in [0.2, 0.25) is 0 Å². The van der Waals surface area contributed by atoms with Crippen molar-refractivity contribution in [1.82, 2.24) is 10.2 Å². The predicted octanol–water partition coefficient (Wildman–Crippen LogP) is 0.282. The van der Waals surface area contributed by atoms with Gasteiger partial charge in [-0.05, 0) is 24.3 Å². The third-order valence-corrected chi connectivity index (χ3v) is 3.31. The SMILES string of the molecule is COC(=O)[C@H]1CNCCN1C(=O)c1ccc(OC)cc1. The molecule has 20 heavy (non-hydrogen) atoms. The molecule has 1 aliphatic heterocycles. The molecule has 0 unspecified atom stereocenters. The Bertz CT molecular complexity index is 486. The molecule has 1 saturated heterocycles. The monoisotopic (exact) mass is 278 g/mol. The first kappa shape index (κ1) is 14.3. The lowest BCUT2D eigenvalue weighted by atomic mass is 10.1. The number of rotatable bonds is 3. The van der Waals surface area contributed by atoms with E-state index in [0.717, 1.165) is 0 Å². The lowest BCUT2D eigenvalue weighted by Gasteiger charge is -2.34. The van der Waals surface area contributed by atoms with Crippen LogP contribution in [0.2, 0.25) is 0 Å². The number of nitrogens with one attached hydrogen (secondary N) is 1. The molecule has 0 spiro atoms. The summed E-state index contributed by atoms with van der Waals surface area (Å²) >= 11 is 0. The van der Waals surface area contributed by atoms with Gasteiger partial charge in [0.1, 0.15) is 11.8 Å². The molecule has 108 valence electrons. The van der Waals surface area contributed by atoms with Crippen molar-refractivity contribution in [2.75, 3.05) is 33.9 Å². The number of ether oxygens (including phenoxy) is 2. The number of nitrogens with zero attached hydrogens (tertiary/aromatic N) is 1. The second-order valence-electron chi connectivity index (χ2n) is 4.47. The number of carbonyl (C=O) groups is 2. The normalized spacial score (nSPS) is 18.5. The Balaban J connectivity index is 2.18. The van der Waals surface area contributed by atoms with Gasteiger partial charge >= 0.3 is 5.97 Å². The van der Waals surface area contributed by atoms with Gasteiger partial charge in [-0.1, -0.05) is 0 Å². The molecular weight excluding hydrogens is 260 g/mol. The molecule has 1 N–H and O–H groups in total. The van der Waals surface area contributed by atoms with E-state index in [1.807, 2.05) is 0 Å². The number of hydrogen-bond acceptors (Lipinski definition) is 5. The van der Waals surface area contributed by atoms with Crippen LogP contribution in [0.4, 0.5) is 0 Å². The zero-order valence-electron chi connectivity index (χ0n) is 11.6. The molecule has 0 radical (unpaired) electrons. The minimum atomic E-state index is -0.580. The molecule has 1 heterocycles. The first-order valence-corrected chi connectivity index (χ1v) is 6.41. The van der Waals surface area contributed by atoms with E-state index in [-0.39, 0.29) is 5.91 Å². The molecule has 1 aromatic rings. The van der Waals surface area contributed by atoms with E-state index < -0.39 is 12.0 Å². The summed E-state index contributed by atoms with van der Waals surface area (Å²) in [6, 6.07) is 6.25. The minimum Gasteiger partial charge on any atom is -0.497 e. The third kappa shape index (κ3) is 2.91. The fraction of sp³-hybridized carbons (Fsp3) is 0.429. The number of carbonyl (C=O) groups excluding carboxylic acids is 2. The van der Waals surface area contributed by atoms with Crippen LogP contribution >= 0.6 is 0 Å². The molecular formula is C14H18N2O4. The largest absolute Gasteiger partial charge is 0.497 e. The minimum absolute atomic E-state index is 0.176. The van der Waals surface area contributed by atoms with Crippen molar-refractivity contribution in [2.45, 2.75) is 6.04 Å². The summed E-state index contributed by atoms with van der Waals surface area (Å²) in [7, 11) is 2.90. The van der Waals surface area contributed by atoms with Crippen molar-refractivity contribution in [3.8, 4) is 5.75 Å². The number of piperazine rings is 1. The van der Waals surface area contributed by atoms with E-state index in [4.69, 9.17) is 9.47 Å². The molecule has 2 rings (SSSR count). The van der Waals surface area contributed by atoms with Gasteiger partial charge in [0.25, 0.3) is 5.91 Å². The molecule has 1 fully saturated rings. The van der Waals surface area contributed by atoms with Gasteiger partial charge < -0.3 is 19.7 Å². The Morgan fingerprint density at radius 2 is 1.95 bits per heavy atom. The molecule has 1 aliphatic rings. The van der Waals surface area contributed by atoms with Crippen LogP contribution in [0.15, 0.2) is 24.3 Å². The van der Waals surface area contributed by atoms with E-state index >= 15 is 0 Å². The number of benzene rings is 1. The second kappa shape index (κ2) is 6.38. The van der Waals surface area contributed by atoms with E-state index in [1.54, 1.807) is 36.3 Å². The van der Waals surface area contributed by atoms with Gasteiger partial charge in [0, 0.05) is 25.2 Å². The van der Waals surface area contributed by atoms with Crippen LogP contribution in [-0.2, 0) is 9.53 Å². The molecule has 0 bridgehead atoms. The van der Waals surface area contributed by atoms with Gasteiger partial charge in [-0.3, -0.25) is 4.79 Å². The van der Waals surface area contributed by atoms with Gasteiger partial charge in [-0.2, -0.15) is 0 Å². The standard InChI is InChI=1S/C14H18N2O4/c1-19-11-5-3-10(4-6-11)13(17)16-8-7-15-9-12(16)14(18)20-2/h3-6,12,15H,7-9H2,1-2H3/t12-/m1/s1. The fourth-order valence-corrected chi connectivity index (χ4v) is 2.19. The number of esters is 1. The van der Waals surface area contributed by atoms with E-state index in [9.17, 15) is 9.59 Å². The number of amides is 1. The summed E-state index contributed by atoms with van der Waals surface area (Å²) in [5, 5.41) is 3.09. The lowest BCUT2D eigenvalue weighted by molar-refractivity contribution is -0.146. The highest BCUT2D eigenvalue weighted by molar-refractivity contribution is 5.97. The van der Waals surface area contributed by atoms with Crippen LogP contribution in [-0.4, -0.2) is 56.7 Å². The zero-order valence-corrected chi connectivity index (χ0v) is 11.6. The highest BCUT2D eigenvalue weighted by Crippen LogP contribution is 2.15. The van der Waals surface area contributed by atoms with Crippen molar-refractivity contribution < 1.29 is 19.1 Å². The second-order valence-corrected chi connectivity index (χ2v) is 4.47. The third-order valence-electron chi connectivity index (χ3n) is 3.31. The summed E-state index contributed by atoms with van der Waals surface area (Å²) in [6.07, 6.45) is 0.